The predicted molar refractivity (Wildman–Crippen MR) is 68.8 cm³/mol. The molecule has 2 aliphatic rings. The standard InChI is InChI=1S/C13H10F2N2O5/c1-5(18)16-8-4-9-12(22-13(14,15)21-9)6-2-3-7(17-20)11(19)10(6)8/h4,20H,2-3H2,1H3,(H,16,18)/b17-7-. The van der Waals surface area contributed by atoms with Crippen LogP contribution >= 0.6 is 0 Å². The van der Waals surface area contributed by atoms with Crippen LogP contribution in [0.2, 0.25) is 0 Å². The van der Waals surface area contributed by atoms with E-state index in [1.54, 1.807) is 0 Å². The number of nitrogens with one attached hydrogen (secondary N) is 1. The number of nitrogens with zero attached hydrogens (tertiary/aromatic N) is 1. The van der Waals surface area contributed by atoms with Crippen LogP contribution in [0, 0.1) is 0 Å². The quantitative estimate of drug-likeness (QED) is 0.610. The fourth-order valence-corrected chi connectivity index (χ4v) is 2.53. The Labute approximate surface area is 122 Å². The van der Waals surface area contributed by atoms with Gasteiger partial charge in [0.1, 0.15) is 5.71 Å². The van der Waals surface area contributed by atoms with Crippen LogP contribution in [0.5, 0.6) is 11.5 Å². The third-order valence-corrected chi connectivity index (χ3v) is 3.33. The number of Topliss-reactive ketones (excluding diaryl/α,β-unsaturated/α-hetero) is 1. The normalized spacial score (nSPS) is 20.0. The Hall–Kier alpha value is -2.71. The third kappa shape index (κ3) is 2.14. The van der Waals surface area contributed by atoms with E-state index < -0.39 is 18.0 Å². The topological polar surface area (TPSA) is 97.2 Å². The molecule has 0 saturated heterocycles. The molecule has 22 heavy (non-hydrogen) atoms. The van der Waals surface area contributed by atoms with Crippen LogP contribution < -0.4 is 14.8 Å². The van der Waals surface area contributed by atoms with Gasteiger partial charge in [-0.25, -0.2) is 0 Å². The van der Waals surface area contributed by atoms with Crippen molar-refractivity contribution in [2.45, 2.75) is 26.1 Å². The van der Waals surface area contributed by atoms with Crippen molar-refractivity contribution in [2.75, 3.05) is 5.32 Å². The molecule has 1 aromatic rings. The predicted octanol–water partition coefficient (Wildman–Crippen LogP) is 1.93. The fourth-order valence-electron chi connectivity index (χ4n) is 2.53. The highest BCUT2D eigenvalue weighted by Crippen LogP contribution is 2.48. The van der Waals surface area contributed by atoms with E-state index in [1.807, 2.05) is 0 Å². The summed E-state index contributed by atoms with van der Waals surface area (Å²) < 4.78 is 35.3. The van der Waals surface area contributed by atoms with Crippen molar-refractivity contribution in [3.05, 3.63) is 17.2 Å². The molecule has 1 aromatic carbocycles. The Morgan fingerprint density at radius 1 is 1.41 bits per heavy atom. The molecule has 7 nitrogen and oxygen atoms in total. The smallest absolute Gasteiger partial charge is 0.411 e. The summed E-state index contributed by atoms with van der Waals surface area (Å²) in [6.07, 6.45) is -3.64. The average Bonchev–Trinajstić information content (AvgIpc) is 2.72. The zero-order chi connectivity index (χ0) is 16.1. The number of hydrogen-bond acceptors (Lipinski definition) is 6. The number of carbonyl (C=O) groups excluding carboxylic acids is 2. The number of ketones is 1. The average molecular weight is 312 g/mol. The van der Waals surface area contributed by atoms with Crippen molar-refractivity contribution in [3.63, 3.8) is 0 Å². The molecule has 0 spiro atoms. The number of alkyl halides is 2. The number of fused-ring (bicyclic) bond motifs is 3. The highest BCUT2D eigenvalue weighted by atomic mass is 19.3. The van der Waals surface area contributed by atoms with Gasteiger partial charge in [-0.05, 0) is 6.42 Å². The first kappa shape index (κ1) is 14.2. The lowest BCUT2D eigenvalue weighted by Crippen LogP contribution is -2.27. The van der Waals surface area contributed by atoms with E-state index in [1.165, 1.54) is 6.92 Å². The van der Waals surface area contributed by atoms with Gasteiger partial charge in [0.25, 0.3) is 0 Å². The zero-order valence-electron chi connectivity index (χ0n) is 11.3. The second-order valence-corrected chi connectivity index (χ2v) is 4.83. The van der Waals surface area contributed by atoms with Crippen LogP contribution in [-0.2, 0) is 11.2 Å². The van der Waals surface area contributed by atoms with E-state index in [0.717, 1.165) is 6.07 Å². The Balaban J connectivity index is 2.21. The van der Waals surface area contributed by atoms with E-state index in [0.29, 0.717) is 0 Å². The van der Waals surface area contributed by atoms with Gasteiger partial charge in [0.2, 0.25) is 11.7 Å². The maximum absolute atomic E-state index is 13.3. The molecule has 1 aliphatic carbocycles. The molecule has 1 aliphatic heterocycles. The number of benzene rings is 1. The number of rotatable bonds is 1. The minimum Gasteiger partial charge on any atom is -0.411 e. The van der Waals surface area contributed by atoms with E-state index in [-0.39, 0.29) is 46.9 Å². The highest BCUT2D eigenvalue weighted by Gasteiger charge is 2.47. The van der Waals surface area contributed by atoms with E-state index >= 15 is 0 Å². The molecule has 3 rings (SSSR count). The molecule has 0 unspecified atom stereocenters. The number of ether oxygens (including phenoxy) is 2. The summed E-state index contributed by atoms with van der Waals surface area (Å²) in [5.41, 5.74) is 0.0447. The van der Waals surface area contributed by atoms with Crippen LogP contribution in [-0.4, -0.2) is 28.9 Å². The highest BCUT2D eigenvalue weighted by molar-refractivity contribution is 6.48. The molecule has 0 aromatic heterocycles. The molecular formula is C13H10F2N2O5. The Kier molecular flexibility index (Phi) is 3.01. The lowest BCUT2D eigenvalue weighted by atomic mass is 9.87. The fraction of sp³-hybridized carbons (Fsp3) is 0.308. The monoisotopic (exact) mass is 312 g/mol. The largest absolute Gasteiger partial charge is 0.586 e. The Bertz CT molecular complexity index is 730. The third-order valence-electron chi connectivity index (χ3n) is 3.33. The molecule has 2 N–H and O–H groups in total. The maximum atomic E-state index is 13.3. The summed E-state index contributed by atoms with van der Waals surface area (Å²) in [7, 11) is 0. The SMILES string of the molecule is CC(=O)Nc1cc2c(c3c1C(=O)/C(=N\O)CC3)OC(F)(F)O2. The molecule has 116 valence electrons. The lowest BCUT2D eigenvalue weighted by molar-refractivity contribution is -0.286. The number of halogens is 2. The summed E-state index contributed by atoms with van der Waals surface area (Å²) >= 11 is 0. The van der Waals surface area contributed by atoms with Crippen molar-refractivity contribution in [1.82, 2.24) is 0 Å². The van der Waals surface area contributed by atoms with Crippen molar-refractivity contribution in [3.8, 4) is 11.5 Å². The second-order valence-electron chi connectivity index (χ2n) is 4.83. The lowest BCUT2D eigenvalue weighted by Gasteiger charge is -2.20. The molecular weight excluding hydrogens is 302 g/mol. The van der Waals surface area contributed by atoms with E-state index in [2.05, 4.69) is 19.9 Å². The molecule has 1 heterocycles. The first-order chi connectivity index (χ1) is 10.3. The number of anilines is 1. The first-order valence-corrected chi connectivity index (χ1v) is 6.31. The van der Waals surface area contributed by atoms with Gasteiger partial charge in [-0.15, -0.1) is 8.78 Å². The number of oxime groups is 1. The molecule has 0 bridgehead atoms. The maximum Gasteiger partial charge on any atom is 0.586 e. The van der Waals surface area contributed by atoms with Crippen LogP contribution in [0.1, 0.15) is 29.3 Å². The minimum absolute atomic E-state index is 0.00778. The number of carbonyl (C=O) groups is 2. The van der Waals surface area contributed by atoms with Gasteiger partial charge in [0.05, 0.1) is 11.3 Å². The minimum atomic E-state index is -3.83. The summed E-state index contributed by atoms with van der Waals surface area (Å²) in [5, 5.41) is 14.1. The molecule has 0 saturated carbocycles. The number of amides is 1. The van der Waals surface area contributed by atoms with Crippen LogP contribution in [0.25, 0.3) is 0 Å². The van der Waals surface area contributed by atoms with Gasteiger partial charge in [0.15, 0.2) is 11.5 Å². The molecule has 0 fully saturated rings. The van der Waals surface area contributed by atoms with Crippen molar-refractivity contribution in [2.24, 2.45) is 5.16 Å². The van der Waals surface area contributed by atoms with Crippen LogP contribution in [0.3, 0.4) is 0 Å². The summed E-state index contributed by atoms with van der Waals surface area (Å²) in [5.74, 6) is -1.65. The summed E-state index contributed by atoms with van der Waals surface area (Å²) in [4.78, 5) is 23.5. The van der Waals surface area contributed by atoms with E-state index in [9.17, 15) is 18.4 Å². The van der Waals surface area contributed by atoms with Crippen molar-refractivity contribution < 1.29 is 33.1 Å². The van der Waals surface area contributed by atoms with Crippen molar-refractivity contribution >= 4 is 23.1 Å². The van der Waals surface area contributed by atoms with Gasteiger partial charge in [-0.1, -0.05) is 5.16 Å². The Morgan fingerprint density at radius 2 is 2.14 bits per heavy atom. The van der Waals surface area contributed by atoms with E-state index in [4.69, 9.17) is 5.21 Å². The number of hydrogen-bond donors (Lipinski definition) is 2. The van der Waals surface area contributed by atoms with Gasteiger partial charge in [-0.3, -0.25) is 9.59 Å². The van der Waals surface area contributed by atoms with Gasteiger partial charge >= 0.3 is 6.29 Å². The van der Waals surface area contributed by atoms with Gasteiger partial charge in [0, 0.05) is 25.0 Å². The Morgan fingerprint density at radius 3 is 2.77 bits per heavy atom. The van der Waals surface area contributed by atoms with Crippen LogP contribution in [0.15, 0.2) is 11.2 Å². The molecule has 0 radical (unpaired) electrons. The summed E-state index contributed by atoms with van der Waals surface area (Å²) in [6, 6.07) is 1.09. The first-order valence-electron chi connectivity index (χ1n) is 6.31. The molecule has 0 atom stereocenters. The van der Waals surface area contributed by atoms with Gasteiger partial charge in [-0.2, -0.15) is 0 Å². The van der Waals surface area contributed by atoms with Gasteiger partial charge < -0.3 is 20.0 Å². The summed E-state index contributed by atoms with van der Waals surface area (Å²) in [6.45, 7) is 1.21. The van der Waals surface area contributed by atoms with Crippen LogP contribution in [0.4, 0.5) is 14.5 Å². The second kappa shape index (κ2) is 4.65. The van der Waals surface area contributed by atoms with Crippen molar-refractivity contribution in [1.29, 1.82) is 0 Å². The molecule has 1 amide bonds. The zero-order valence-corrected chi connectivity index (χ0v) is 11.3. The molecule has 9 heteroatoms.